The SMILES string of the molecule is O=C(/C=C/C(=O)OCC1CCCCC1)OCCc1cc(=O)[nH]c(=O)[nH]1. The van der Waals surface area contributed by atoms with Gasteiger partial charge < -0.3 is 14.5 Å². The van der Waals surface area contributed by atoms with Crippen LogP contribution in [0.25, 0.3) is 0 Å². The first-order valence-electron chi connectivity index (χ1n) is 8.37. The average molecular weight is 350 g/mol. The predicted molar refractivity (Wildman–Crippen MR) is 89.0 cm³/mol. The molecule has 0 amide bonds. The van der Waals surface area contributed by atoms with Crippen molar-refractivity contribution in [2.75, 3.05) is 13.2 Å². The topological polar surface area (TPSA) is 118 Å². The van der Waals surface area contributed by atoms with Crippen molar-refractivity contribution in [3.63, 3.8) is 0 Å². The highest BCUT2D eigenvalue weighted by molar-refractivity contribution is 5.91. The molecule has 0 spiro atoms. The van der Waals surface area contributed by atoms with Crippen LogP contribution in [-0.4, -0.2) is 35.1 Å². The lowest BCUT2D eigenvalue weighted by atomic mass is 9.90. The fourth-order valence-electron chi connectivity index (χ4n) is 2.70. The summed E-state index contributed by atoms with van der Waals surface area (Å²) in [6.45, 7) is 0.355. The monoisotopic (exact) mass is 350 g/mol. The van der Waals surface area contributed by atoms with Gasteiger partial charge in [-0.1, -0.05) is 19.3 Å². The molecule has 8 heteroatoms. The lowest BCUT2D eigenvalue weighted by Crippen LogP contribution is -2.23. The molecule has 25 heavy (non-hydrogen) atoms. The first-order valence-corrected chi connectivity index (χ1v) is 8.37. The number of rotatable bonds is 7. The van der Waals surface area contributed by atoms with Gasteiger partial charge in [-0.05, 0) is 18.8 Å². The van der Waals surface area contributed by atoms with Gasteiger partial charge >= 0.3 is 17.6 Å². The van der Waals surface area contributed by atoms with Crippen molar-refractivity contribution >= 4 is 11.9 Å². The summed E-state index contributed by atoms with van der Waals surface area (Å²) in [5, 5.41) is 0. The van der Waals surface area contributed by atoms with Crippen LogP contribution in [0.1, 0.15) is 37.8 Å². The van der Waals surface area contributed by atoms with Crippen LogP contribution in [0.3, 0.4) is 0 Å². The highest BCUT2D eigenvalue weighted by atomic mass is 16.5. The van der Waals surface area contributed by atoms with Gasteiger partial charge in [-0.3, -0.25) is 9.78 Å². The smallest absolute Gasteiger partial charge is 0.331 e. The van der Waals surface area contributed by atoms with Crippen LogP contribution in [0.4, 0.5) is 0 Å². The number of aromatic nitrogens is 2. The molecule has 0 aromatic carbocycles. The summed E-state index contributed by atoms with van der Waals surface area (Å²) < 4.78 is 10.0. The zero-order chi connectivity index (χ0) is 18.1. The molecule has 0 saturated heterocycles. The molecule has 0 atom stereocenters. The third kappa shape index (κ3) is 7.19. The molecule has 1 aromatic rings. The zero-order valence-corrected chi connectivity index (χ0v) is 13.9. The molecule has 1 saturated carbocycles. The van der Waals surface area contributed by atoms with E-state index in [-0.39, 0.29) is 13.0 Å². The van der Waals surface area contributed by atoms with Gasteiger partial charge in [0.2, 0.25) is 0 Å². The van der Waals surface area contributed by atoms with Crippen LogP contribution in [-0.2, 0) is 25.5 Å². The summed E-state index contributed by atoms with van der Waals surface area (Å²) in [7, 11) is 0. The van der Waals surface area contributed by atoms with Crippen molar-refractivity contribution in [2.24, 2.45) is 5.92 Å². The van der Waals surface area contributed by atoms with Crippen LogP contribution in [0.5, 0.6) is 0 Å². The summed E-state index contributed by atoms with van der Waals surface area (Å²) in [6.07, 6.45) is 7.95. The lowest BCUT2D eigenvalue weighted by Gasteiger charge is -2.20. The second-order valence-corrected chi connectivity index (χ2v) is 6.00. The third-order valence-corrected chi connectivity index (χ3v) is 3.97. The van der Waals surface area contributed by atoms with Crippen molar-refractivity contribution in [1.29, 1.82) is 0 Å². The van der Waals surface area contributed by atoms with Gasteiger partial charge in [0.05, 0.1) is 13.2 Å². The summed E-state index contributed by atoms with van der Waals surface area (Å²) in [6, 6.07) is 1.22. The normalized spacial score (nSPS) is 15.2. The fourth-order valence-corrected chi connectivity index (χ4v) is 2.70. The Kier molecular flexibility index (Phi) is 7.18. The highest BCUT2D eigenvalue weighted by Crippen LogP contribution is 2.23. The molecule has 136 valence electrons. The second-order valence-electron chi connectivity index (χ2n) is 6.00. The Bertz CT molecular complexity index is 699. The maximum Gasteiger partial charge on any atom is 0.331 e. The number of aromatic amines is 2. The molecule has 0 aliphatic heterocycles. The molecular formula is C17H22N2O6. The number of esters is 2. The Morgan fingerprint density at radius 3 is 2.40 bits per heavy atom. The minimum Gasteiger partial charge on any atom is -0.462 e. The van der Waals surface area contributed by atoms with Gasteiger partial charge in [-0.2, -0.15) is 0 Å². The first kappa shape index (κ1) is 18.7. The van der Waals surface area contributed by atoms with Crippen LogP contribution < -0.4 is 11.2 Å². The molecule has 1 aliphatic carbocycles. The average Bonchev–Trinajstić information content (AvgIpc) is 2.58. The summed E-state index contributed by atoms with van der Waals surface area (Å²) in [5.41, 5.74) is -0.780. The van der Waals surface area contributed by atoms with E-state index in [4.69, 9.17) is 9.47 Å². The molecule has 0 radical (unpaired) electrons. The molecule has 1 aromatic heterocycles. The van der Waals surface area contributed by atoms with E-state index in [0.717, 1.165) is 25.0 Å². The minimum atomic E-state index is -0.693. The van der Waals surface area contributed by atoms with E-state index in [2.05, 4.69) is 4.98 Å². The number of hydrogen-bond donors (Lipinski definition) is 2. The van der Waals surface area contributed by atoms with E-state index < -0.39 is 23.2 Å². The van der Waals surface area contributed by atoms with Gasteiger partial charge in [0, 0.05) is 30.3 Å². The maximum absolute atomic E-state index is 11.6. The highest BCUT2D eigenvalue weighted by Gasteiger charge is 2.14. The van der Waals surface area contributed by atoms with E-state index in [1.165, 1.54) is 25.3 Å². The molecule has 2 rings (SSSR count). The van der Waals surface area contributed by atoms with Gasteiger partial charge in [-0.15, -0.1) is 0 Å². The van der Waals surface area contributed by atoms with Gasteiger partial charge in [0.15, 0.2) is 0 Å². The molecule has 2 N–H and O–H groups in total. The van der Waals surface area contributed by atoms with Gasteiger partial charge in [-0.25, -0.2) is 14.4 Å². The number of ether oxygens (including phenoxy) is 2. The van der Waals surface area contributed by atoms with Crippen LogP contribution in [0.15, 0.2) is 27.8 Å². The standard InChI is InChI=1S/C17H22N2O6/c20-14-10-13(18-17(23)19-14)8-9-24-15(21)6-7-16(22)25-11-12-4-2-1-3-5-12/h6-7,10,12H,1-5,8-9,11H2,(H2,18,19,20,23)/b7-6+. The van der Waals surface area contributed by atoms with E-state index in [0.29, 0.717) is 18.2 Å². The summed E-state index contributed by atoms with van der Waals surface area (Å²) >= 11 is 0. The Labute approximate surface area is 144 Å². The van der Waals surface area contributed by atoms with Gasteiger partial charge in [0.25, 0.3) is 5.56 Å². The number of carbonyl (C=O) groups is 2. The summed E-state index contributed by atoms with van der Waals surface area (Å²) in [5.74, 6) is -0.850. The zero-order valence-electron chi connectivity index (χ0n) is 13.9. The van der Waals surface area contributed by atoms with Gasteiger partial charge in [0.1, 0.15) is 0 Å². The Morgan fingerprint density at radius 2 is 1.72 bits per heavy atom. The Morgan fingerprint density at radius 1 is 1.04 bits per heavy atom. The van der Waals surface area contributed by atoms with E-state index in [9.17, 15) is 19.2 Å². The molecule has 0 bridgehead atoms. The van der Waals surface area contributed by atoms with Crippen molar-refractivity contribution < 1.29 is 19.1 Å². The third-order valence-electron chi connectivity index (χ3n) is 3.97. The fraction of sp³-hybridized carbons (Fsp3) is 0.529. The van der Waals surface area contributed by atoms with E-state index in [1.54, 1.807) is 0 Å². The Hall–Kier alpha value is -2.64. The van der Waals surface area contributed by atoms with Crippen LogP contribution in [0, 0.1) is 5.92 Å². The van der Waals surface area contributed by atoms with Crippen molar-refractivity contribution in [3.8, 4) is 0 Å². The molecule has 8 nitrogen and oxygen atoms in total. The lowest BCUT2D eigenvalue weighted by molar-refractivity contribution is -0.141. The van der Waals surface area contributed by atoms with Crippen LogP contribution >= 0.6 is 0 Å². The van der Waals surface area contributed by atoms with Crippen molar-refractivity contribution in [3.05, 3.63) is 44.8 Å². The van der Waals surface area contributed by atoms with E-state index >= 15 is 0 Å². The van der Waals surface area contributed by atoms with Crippen LogP contribution in [0.2, 0.25) is 0 Å². The number of hydrogen-bond acceptors (Lipinski definition) is 6. The number of carbonyl (C=O) groups excluding carboxylic acids is 2. The molecule has 1 aliphatic rings. The molecule has 1 fully saturated rings. The molecule has 1 heterocycles. The quantitative estimate of drug-likeness (QED) is 0.555. The molecule has 0 unspecified atom stereocenters. The Balaban J connectivity index is 1.66. The number of nitrogens with one attached hydrogen (secondary N) is 2. The number of H-pyrrole nitrogens is 2. The summed E-state index contributed by atoms with van der Waals surface area (Å²) in [4.78, 5) is 49.7. The largest absolute Gasteiger partial charge is 0.462 e. The van der Waals surface area contributed by atoms with Crippen molar-refractivity contribution in [1.82, 2.24) is 9.97 Å². The maximum atomic E-state index is 11.6. The predicted octanol–water partition coefficient (Wildman–Crippen LogP) is 0.829. The van der Waals surface area contributed by atoms with E-state index in [1.807, 2.05) is 4.98 Å². The second kappa shape index (κ2) is 9.61. The van der Waals surface area contributed by atoms with Crippen molar-refractivity contribution in [2.45, 2.75) is 38.5 Å². The molecular weight excluding hydrogens is 328 g/mol. The first-order chi connectivity index (χ1) is 12.0. The minimum absolute atomic E-state index is 0.0281.